The van der Waals surface area contributed by atoms with Crippen molar-refractivity contribution in [3.63, 3.8) is 0 Å². The summed E-state index contributed by atoms with van der Waals surface area (Å²) in [5.41, 5.74) is 2.36. The fraction of sp³-hybridized carbons (Fsp3) is 0.500. The van der Waals surface area contributed by atoms with E-state index in [0.29, 0.717) is 11.6 Å². The largest absolute Gasteiger partial charge is 0.348 e. The van der Waals surface area contributed by atoms with Gasteiger partial charge in [-0.15, -0.1) is 0 Å². The minimum atomic E-state index is -3.46. The summed E-state index contributed by atoms with van der Waals surface area (Å²) >= 11 is 0. The first kappa shape index (κ1) is 19.6. The van der Waals surface area contributed by atoms with Crippen molar-refractivity contribution in [2.24, 2.45) is 0 Å². The molecule has 1 N–H and O–H groups in total. The number of hydrogen-bond donors (Lipinski definition) is 1. The number of aromatic nitrogens is 2. The molecule has 1 aromatic heterocycles. The molecule has 1 aromatic carbocycles. The van der Waals surface area contributed by atoms with Crippen LogP contribution in [0.5, 0.6) is 0 Å². The number of nitrogens with zero attached hydrogens (tertiary/aromatic N) is 2. The highest BCUT2D eigenvalue weighted by Crippen LogP contribution is 2.30. The number of carbonyl (C=O) groups is 1. The Morgan fingerprint density at radius 2 is 1.85 bits per heavy atom. The fourth-order valence-electron chi connectivity index (χ4n) is 3.68. The first-order chi connectivity index (χ1) is 12.8. The summed E-state index contributed by atoms with van der Waals surface area (Å²) in [6, 6.07) is 6.63. The first-order valence-electron chi connectivity index (χ1n) is 9.42. The number of hydrogen-bond acceptors (Lipinski definition) is 4. The molecule has 0 aliphatic heterocycles. The number of nitrogens with one attached hydrogen (secondary N) is 1. The monoisotopic (exact) mass is 389 g/mol. The minimum absolute atomic E-state index is 0.141. The molecule has 1 fully saturated rings. The Morgan fingerprint density at radius 1 is 1.22 bits per heavy atom. The van der Waals surface area contributed by atoms with Crippen LogP contribution in [0.15, 0.2) is 35.4 Å². The quantitative estimate of drug-likeness (QED) is 0.823. The fourth-order valence-corrected chi connectivity index (χ4v) is 5.16. The molecule has 1 saturated carbocycles. The molecular weight excluding hydrogens is 362 g/mol. The van der Waals surface area contributed by atoms with Gasteiger partial charge in [0.2, 0.25) is 0 Å². The van der Waals surface area contributed by atoms with E-state index in [0.717, 1.165) is 24.1 Å². The maximum Gasteiger partial charge on any atom is 0.254 e. The number of amides is 1. The summed E-state index contributed by atoms with van der Waals surface area (Å²) in [7, 11) is -3.46. The van der Waals surface area contributed by atoms with Crippen LogP contribution < -0.4 is 5.32 Å². The lowest BCUT2D eigenvalue weighted by atomic mass is 10.2. The van der Waals surface area contributed by atoms with E-state index in [1.807, 2.05) is 18.5 Å². The van der Waals surface area contributed by atoms with Crippen LogP contribution in [0.2, 0.25) is 0 Å². The molecule has 1 amide bonds. The van der Waals surface area contributed by atoms with Gasteiger partial charge in [-0.25, -0.2) is 8.42 Å². The molecule has 1 aliphatic carbocycles. The van der Waals surface area contributed by atoms with Crippen molar-refractivity contribution in [1.29, 1.82) is 0 Å². The van der Waals surface area contributed by atoms with E-state index in [-0.39, 0.29) is 16.6 Å². The highest BCUT2D eigenvalue weighted by atomic mass is 32.2. The van der Waals surface area contributed by atoms with Gasteiger partial charge in [-0.2, -0.15) is 5.10 Å². The smallest absolute Gasteiger partial charge is 0.254 e. The van der Waals surface area contributed by atoms with Gasteiger partial charge in [-0.3, -0.25) is 9.48 Å². The third-order valence-corrected chi connectivity index (χ3v) is 7.12. The molecule has 0 saturated heterocycles. The van der Waals surface area contributed by atoms with Crippen LogP contribution in [0, 0.1) is 13.8 Å². The van der Waals surface area contributed by atoms with Crippen LogP contribution >= 0.6 is 0 Å². The second-order valence-corrected chi connectivity index (χ2v) is 9.53. The van der Waals surface area contributed by atoms with Gasteiger partial charge >= 0.3 is 0 Å². The Hall–Kier alpha value is -2.15. The van der Waals surface area contributed by atoms with Gasteiger partial charge in [0, 0.05) is 11.7 Å². The number of aryl methyl sites for hydroxylation is 1. The standard InChI is InChI=1S/C20H27N3O3S/c1-14-8-10-18(11-9-14)27(25,26)13-15(2)22-20(24)19-12-21-23(16(19)3)17-6-4-5-7-17/h8-12,15,17H,4-7,13H2,1-3H3,(H,22,24). The van der Waals surface area contributed by atoms with Gasteiger partial charge in [0.05, 0.1) is 28.5 Å². The summed E-state index contributed by atoms with van der Waals surface area (Å²) in [5, 5.41) is 7.20. The summed E-state index contributed by atoms with van der Waals surface area (Å²) in [6.45, 7) is 5.52. The van der Waals surface area contributed by atoms with Gasteiger partial charge in [0.25, 0.3) is 5.91 Å². The zero-order valence-corrected chi connectivity index (χ0v) is 16.9. The molecule has 0 radical (unpaired) electrons. The number of sulfone groups is 1. The van der Waals surface area contributed by atoms with E-state index in [1.54, 1.807) is 37.4 Å². The second kappa shape index (κ2) is 7.84. The van der Waals surface area contributed by atoms with Crippen LogP contribution in [0.25, 0.3) is 0 Å². The molecule has 2 aromatic rings. The van der Waals surface area contributed by atoms with Crippen LogP contribution in [-0.4, -0.2) is 35.9 Å². The Kier molecular flexibility index (Phi) is 5.69. The first-order valence-corrected chi connectivity index (χ1v) is 11.1. The van der Waals surface area contributed by atoms with Crippen LogP contribution in [0.1, 0.15) is 60.3 Å². The molecule has 146 valence electrons. The SMILES string of the molecule is Cc1ccc(S(=O)(=O)CC(C)NC(=O)c2cnn(C3CCCC3)c2C)cc1. The van der Waals surface area contributed by atoms with Crippen molar-refractivity contribution in [1.82, 2.24) is 15.1 Å². The highest BCUT2D eigenvalue weighted by Gasteiger charge is 2.24. The molecule has 0 spiro atoms. The topological polar surface area (TPSA) is 81.1 Å². The van der Waals surface area contributed by atoms with Crippen LogP contribution in [0.3, 0.4) is 0 Å². The van der Waals surface area contributed by atoms with E-state index < -0.39 is 15.9 Å². The molecule has 6 nitrogen and oxygen atoms in total. The van der Waals surface area contributed by atoms with Crippen LogP contribution in [-0.2, 0) is 9.84 Å². The predicted molar refractivity (Wildman–Crippen MR) is 105 cm³/mol. The van der Waals surface area contributed by atoms with Gasteiger partial charge in [0.15, 0.2) is 9.84 Å². The molecule has 1 unspecified atom stereocenters. The number of benzene rings is 1. The molecular formula is C20H27N3O3S. The third-order valence-electron chi connectivity index (χ3n) is 5.19. The average Bonchev–Trinajstić information content (AvgIpc) is 3.23. The Morgan fingerprint density at radius 3 is 2.48 bits per heavy atom. The van der Waals surface area contributed by atoms with E-state index in [2.05, 4.69) is 10.4 Å². The molecule has 1 aliphatic rings. The van der Waals surface area contributed by atoms with E-state index in [4.69, 9.17) is 0 Å². The summed E-state index contributed by atoms with van der Waals surface area (Å²) in [6.07, 6.45) is 6.16. The van der Waals surface area contributed by atoms with Crippen molar-refractivity contribution in [3.8, 4) is 0 Å². The van der Waals surface area contributed by atoms with Gasteiger partial charge in [-0.05, 0) is 45.7 Å². The second-order valence-electron chi connectivity index (χ2n) is 7.50. The zero-order chi connectivity index (χ0) is 19.6. The lowest BCUT2D eigenvalue weighted by molar-refractivity contribution is 0.0943. The van der Waals surface area contributed by atoms with Crippen molar-refractivity contribution in [2.45, 2.75) is 63.4 Å². The van der Waals surface area contributed by atoms with Crippen molar-refractivity contribution in [2.75, 3.05) is 5.75 Å². The van der Waals surface area contributed by atoms with E-state index in [1.165, 1.54) is 12.8 Å². The number of carbonyl (C=O) groups excluding carboxylic acids is 1. The van der Waals surface area contributed by atoms with Gasteiger partial charge < -0.3 is 5.32 Å². The van der Waals surface area contributed by atoms with E-state index in [9.17, 15) is 13.2 Å². The van der Waals surface area contributed by atoms with Crippen molar-refractivity contribution >= 4 is 15.7 Å². The average molecular weight is 390 g/mol. The molecule has 1 atom stereocenters. The summed E-state index contributed by atoms with van der Waals surface area (Å²) in [5.74, 6) is -0.416. The highest BCUT2D eigenvalue weighted by molar-refractivity contribution is 7.91. The normalized spacial score (nSPS) is 16.4. The van der Waals surface area contributed by atoms with Gasteiger partial charge in [-0.1, -0.05) is 30.5 Å². The number of rotatable bonds is 6. The predicted octanol–water partition coefficient (Wildman–Crippen LogP) is 3.21. The summed E-state index contributed by atoms with van der Waals surface area (Å²) in [4.78, 5) is 12.9. The minimum Gasteiger partial charge on any atom is -0.348 e. The van der Waals surface area contributed by atoms with E-state index >= 15 is 0 Å². The zero-order valence-electron chi connectivity index (χ0n) is 16.1. The van der Waals surface area contributed by atoms with Crippen molar-refractivity contribution < 1.29 is 13.2 Å². The lowest BCUT2D eigenvalue weighted by Crippen LogP contribution is -2.37. The molecule has 27 heavy (non-hydrogen) atoms. The molecule has 1 heterocycles. The third kappa shape index (κ3) is 4.40. The summed E-state index contributed by atoms with van der Waals surface area (Å²) < 4.78 is 27.0. The Bertz CT molecular complexity index is 910. The Labute approximate surface area is 160 Å². The Balaban J connectivity index is 1.66. The lowest BCUT2D eigenvalue weighted by Gasteiger charge is -2.15. The maximum absolute atomic E-state index is 12.6. The van der Waals surface area contributed by atoms with Crippen LogP contribution in [0.4, 0.5) is 0 Å². The molecule has 3 rings (SSSR count). The molecule has 7 heteroatoms. The maximum atomic E-state index is 12.6. The van der Waals surface area contributed by atoms with Crippen molar-refractivity contribution in [3.05, 3.63) is 47.3 Å². The molecule has 0 bridgehead atoms. The van der Waals surface area contributed by atoms with Gasteiger partial charge in [0.1, 0.15) is 0 Å².